The predicted octanol–water partition coefficient (Wildman–Crippen LogP) is 2.37. The Labute approximate surface area is 42.3 Å². The van der Waals surface area contributed by atoms with E-state index in [4.69, 9.17) is 0 Å². The topological polar surface area (TPSA) is 0 Å². The lowest BCUT2D eigenvalue weighted by Crippen LogP contribution is -2.08. The Hall–Kier alpha value is -0.350. The Balaban J connectivity index is 3.39. The Morgan fingerprint density at radius 2 is 1.50 bits per heavy atom. The van der Waals surface area contributed by atoms with Crippen molar-refractivity contribution in [1.29, 1.82) is 0 Å². The molecule has 0 aromatic carbocycles. The highest BCUT2D eigenvalue weighted by Crippen LogP contribution is 2.26. The zero-order valence-corrected chi connectivity index (χ0v) is 3.60. The maximum atomic E-state index is 10.8. The highest BCUT2D eigenvalue weighted by atomic mass is 19.4. The normalized spacial score (nSPS) is 12.8. The molecular formula is C3H2F5. The van der Waals surface area contributed by atoms with Crippen LogP contribution < -0.4 is 0 Å². The standard InChI is InChI=1S/C3H2F5/c4-2(5)1-3(6,7)8/h1H2. The first-order valence-electron chi connectivity index (χ1n) is 1.65. The minimum atomic E-state index is -4.77. The summed E-state index contributed by atoms with van der Waals surface area (Å²) in [5.74, 6) is 0. The maximum Gasteiger partial charge on any atom is 0.395 e. The van der Waals surface area contributed by atoms with Gasteiger partial charge in [0.05, 0.1) is 0 Å². The SMILES string of the molecule is F[C](F)CC(F)(F)F. The second-order valence-electron chi connectivity index (χ2n) is 1.13. The van der Waals surface area contributed by atoms with E-state index < -0.39 is 19.0 Å². The smallest absolute Gasteiger partial charge is 0.200 e. The van der Waals surface area contributed by atoms with Crippen LogP contribution in [-0.2, 0) is 0 Å². The lowest BCUT2D eigenvalue weighted by Gasteiger charge is -2.01. The van der Waals surface area contributed by atoms with E-state index in [9.17, 15) is 22.0 Å². The van der Waals surface area contributed by atoms with Gasteiger partial charge in [0.1, 0.15) is 6.42 Å². The zero-order valence-electron chi connectivity index (χ0n) is 3.60. The molecule has 0 N–H and O–H groups in total. The third-order valence-corrected chi connectivity index (χ3v) is 0.334. The van der Waals surface area contributed by atoms with Crippen LogP contribution in [0.25, 0.3) is 0 Å². The molecule has 0 aromatic rings. The molecule has 0 atom stereocenters. The molecule has 0 spiro atoms. The van der Waals surface area contributed by atoms with E-state index in [0.29, 0.717) is 0 Å². The average molecular weight is 133 g/mol. The first-order chi connectivity index (χ1) is 3.42. The van der Waals surface area contributed by atoms with Gasteiger partial charge >= 0.3 is 12.6 Å². The summed E-state index contributed by atoms with van der Waals surface area (Å²) in [5.41, 5.74) is 0. The molecule has 1 radical (unpaired) electrons. The fourth-order valence-electron chi connectivity index (χ4n) is 0.152. The Kier molecular flexibility index (Phi) is 2.18. The molecular weight excluding hydrogens is 131 g/mol. The number of halogens is 5. The van der Waals surface area contributed by atoms with Crippen molar-refractivity contribution < 1.29 is 22.0 Å². The van der Waals surface area contributed by atoms with Crippen molar-refractivity contribution in [2.75, 3.05) is 0 Å². The summed E-state index contributed by atoms with van der Waals surface area (Å²) in [6.07, 6.45) is -9.45. The fraction of sp³-hybridized carbons (Fsp3) is 0.667. The molecule has 0 aliphatic heterocycles. The molecule has 8 heavy (non-hydrogen) atoms. The summed E-state index contributed by atoms with van der Waals surface area (Å²) < 4.78 is 53.9. The molecule has 0 bridgehead atoms. The number of rotatable bonds is 1. The van der Waals surface area contributed by atoms with Gasteiger partial charge in [0.15, 0.2) is 0 Å². The average Bonchev–Trinajstić information content (AvgIpc) is 1.21. The van der Waals surface area contributed by atoms with Crippen molar-refractivity contribution in [2.24, 2.45) is 0 Å². The summed E-state index contributed by atoms with van der Waals surface area (Å²) in [4.78, 5) is 0. The largest absolute Gasteiger partial charge is 0.395 e. The highest BCUT2D eigenvalue weighted by Gasteiger charge is 2.33. The van der Waals surface area contributed by atoms with Gasteiger partial charge in [-0.3, -0.25) is 0 Å². The van der Waals surface area contributed by atoms with E-state index in [-0.39, 0.29) is 0 Å². The van der Waals surface area contributed by atoms with Gasteiger partial charge in [0, 0.05) is 0 Å². The van der Waals surface area contributed by atoms with Crippen LogP contribution in [0.4, 0.5) is 22.0 Å². The van der Waals surface area contributed by atoms with Crippen LogP contribution in [0.3, 0.4) is 0 Å². The van der Waals surface area contributed by atoms with Crippen molar-refractivity contribution in [3.8, 4) is 0 Å². The molecule has 0 fully saturated rings. The first-order valence-corrected chi connectivity index (χ1v) is 1.65. The van der Waals surface area contributed by atoms with Gasteiger partial charge in [-0.1, -0.05) is 0 Å². The number of hydrogen-bond acceptors (Lipinski definition) is 0. The first kappa shape index (κ1) is 7.65. The second kappa shape index (κ2) is 2.28. The third kappa shape index (κ3) is 5.65. The van der Waals surface area contributed by atoms with E-state index in [1.54, 1.807) is 0 Å². The van der Waals surface area contributed by atoms with Crippen LogP contribution in [0.15, 0.2) is 0 Å². The molecule has 0 aromatic heterocycles. The second-order valence-corrected chi connectivity index (χ2v) is 1.13. The highest BCUT2D eigenvalue weighted by molar-refractivity contribution is 4.65. The van der Waals surface area contributed by atoms with Gasteiger partial charge in [-0.15, -0.1) is 0 Å². The van der Waals surface area contributed by atoms with Gasteiger partial charge in [0.25, 0.3) is 0 Å². The molecule has 0 rings (SSSR count). The Morgan fingerprint density at radius 1 is 1.12 bits per heavy atom. The number of alkyl halides is 3. The van der Waals surface area contributed by atoms with Crippen molar-refractivity contribution in [2.45, 2.75) is 12.6 Å². The summed E-state index contributed by atoms with van der Waals surface area (Å²) in [6, 6.07) is 0. The van der Waals surface area contributed by atoms with E-state index in [1.807, 2.05) is 0 Å². The van der Waals surface area contributed by atoms with E-state index in [2.05, 4.69) is 0 Å². The van der Waals surface area contributed by atoms with E-state index in [1.165, 1.54) is 0 Å². The van der Waals surface area contributed by atoms with E-state index in [0.717, 1.165) is 0 Å². The minimum Gasteiger partial charge on any atom is -0.200 e. The van der Waals surface area contributed by atoms with Crippen molar-refractivity contribution >= 4 is 0 Å². The molecule has 5 heteroatoms. The van der Waals surface area contributed by atoms with Gasteiger partial charge in [-0.2, -0.15) is 22.0 Å². The van der Waals surface area contributed by atoms with Crippen LogP contribution in [0.2, 0.25) is 0 Å². The predicted molar refractivity (Wildman–Crippen MR) is 16.1 cm³/mol. The van der Waals surface area contributed by atoms with E-state index >= 15 is 0 Å². The van der Waals surface area contributed by atoms with Gasteiger partial charge in [-0.25, -0.2) is 0 Å². The summed E-state index contributed by atoms with van der Waals surface area (Å²) in [5, 5.41) is 0. The van der Waals surface area contributed by atoms with Gasteiger partial charge < -0.3 is 0 Å². The van der Waals surface area contributed by atoms with Crippen LogP contribution >= 0.6 is 0 Å². The molecule has 0 saturated heterocycles. The molecule has 0 saturated carbocycles. The summed E-state index contributed by atoms with van der Waals surface area (Å²) >= 11 is 0. The zero-order chi connectivity index (χ0) is 6.78. The van der Waals surface area contributed by atoms with Gasteiger partial charge in [-0.05, 0) is 0 Å². The Morgan fingerprint density at radius 3 is 1.50 bits per heavy atom. The van der Waals surface area contributed by atoms with Gasteiger partial charge in [0.2, 0.25) is 0 Å². The molecule has 0 amide bonds. The molecule has 0 unspecified atom stereocenters. The van der Waals surface area contributed by atoms with Crippen LogP contribution in [0.1, 0.15) is 6.42 Å². The molecule has 0 aliphatic rings. The quantitative estimate of drug-likeness (QED) is 0.481. The van der Waals surface area contributed by atoms with Crippen molar-refractivity contribution in [3.05, 3.63) is 6.43 Å². The van der Waals surface area contributed by atoms with Crippen LogP contribution in [0, 0.1) is 6.43 Å². The summed E-state index contributed by atoms with van der Waals surface area (Å²) in [6.45, 7) is 0. The molecule has 49 valence electrons. The fourth-order valence-corrected chi connectivity index (χ4v) is 0.152. The van der Waals surface area contributed by atoms with Crippen molar-refractivity contribution in [3.63, 3.8) is 0 Å². The lowest BCUT2D eigenvalue weighted by molar-refractivity contribution is -0.142. The van der Waals surface area contributed by atoms with Crippen LogP contribution in [0.5, 0.6) is 0 Å². The lowest BCUT2D eigenvalue weighted by atomic mass is 10.4. The summed E-state index contributed by atoms with van der Waals surface area (Å²) in [7, 11) is 0. The maximum absolute atomic E-state index is 10.8. The monoisotopic (exact) mass is 133 g/mol. The molecule has 0 nitrogen and oxygen atoms in total. The minimum absolute atomic E-state index is 2.09. The Bertz CT molecular complexity index is 62.6. The van der Waals surface area contributed by atoms with Crippen molar-refractivity contribution in [1.82, 2.24) is 0 Å². The molecule has 0 aliphatic carbocycles. The van der Waals surface area contributed by atoms with Crippen LogP contribution in [-0.4, -0.2) is 6.18 Å². The third-order valence-electron chi connectivity index (χ3n) is 0.334. The molecule has 0 heterocycles. The number of hydrogen-bond donors (Lipinski definition) is 0.